The molecule has 35 heavy (non-hydrogen) atoms. The SMILES string of the molecule is O=C(NSc1ccc(OCc2ccccc2)cc1)c1cc(C2CC2)c(OCC2CCCC2)cc1F. The minimum absolute atomic E-state index is 0.0652. The van der Waals surface area contributed by atoms with E-state index in [0.717, 1.165) is 46.6 Å². The number of benzene rings is 3. The topological polar surface area (TPSA) is 47.6 Å². The van der Waals surface area contributed by atoms with Crippen LogP contribution in [-0.2, 0) is 6.61 Å². The fourth-order valence-electron chi connectivity index (χ4n) is 4.47. The van der Waals surface area contributed by atoms with Crippen molar-refractivity contribution in [2.75, 3.05) is 6.61 Å². The predicted octanol–water partition coefficient (Wildman–Crippen LogP) is 7.29. The first-order chi connectivity index (χ1) is 17.2. The second-order valence-corrected chi connectivity index (χ2v) is 10.3. The van der Waals surface area contributed by atoms with Crippen molar-refractivity contribution in [3.05, 3.63) is 89.2 Å². The lowest BCUT2D eigenvalue weighted by molar-refractivity contribution is 0.0980. The van der Waals surface area contributed by atoms with Crippen molar-refractivity contribution in [3.8, 4) is 11.5 Å². The highest BCUT2D eigenvalue weighted by atomic mass is 32.2. The summed E-state index contributed by atoms with van der Waals surface area (Å²) in [5, 5.41) is 0. The van der Waals surface area contributed by atoms with Crippen molar-refractivity contribution in [3.63, 3.8) is 0 Å². The minimum Gasteiger partial charge on any atom is -0.493 e. The molecule has 0 radical (unpaired) electrons. The van der Waals surface area contributed by atoms with E-state index in [1.165, 1.54) is 31.7 Å². The van der Waals surface area contributed by atoms with Crippen LogP contribution in [0.1, 0.15) is 65.9 Å². The molecule has 0 aromatic heterocycles. The highest BCUT2D eigenvalue weighted by Gasteiger charge is 2.30. The molecule has 0 spiro atoms. The largest absolute Gasteiger partial charge is 0.493 e. The van der Waals surface area contributed by atoms with Gasteiger partial charge in [-0.2, -0.15) is 0 Å². The molecule has 1 amide bonds. The molecule has 3 aromatic carbocycles. The van der Waals surface area contributed by atoms with E-state index in [9.17, 15) is 9.18 Å². The Kier molecular flexibility index (Phi) is 7.57. The van der Waals surface area contributed by atoms with Gasteiger partial charge in [0.2, 0.25) is 0 Å². The van der Waals surface area contributed by atoms with Crippen LogP contribution in [0.3, 0.4) is 0 Å². The molecule has 5 rings (SSSR count). The standard InChI is InChI=1S/C29H30FNO3S/c30-27-17-28(34-19-21-8-4-5-9-21)25(22-10-11-22)16-26(27)29(32)31-35-24-14-12-23(13-15-24)33-18-20-6-2-1-3-7-20/h1-3,6-7,12-17,21-22H,4-5,8-11,18-19H2,(H,31,32). The van der Waals surface area contributed by atoms with E-state index < -0.39 is 11.7 Å². The van der Waals surface area contributed by atoms with E-state index in [1.807, 2.05) is 54.6 Å². The van der Waals surface area contributed by atoms with Crippen LogP contribution in [0.2, 0.25) is 0 Å². The van der Waals surface area contributed by atoms with Gasteiger partial charge >= 0.3 is 0 Å². The highest BCUT2D eigenvalue weighted by Crippen LogP contribution is 2.45. The molecular weight excluding hydrogens is 461 g/mol. The molecule has 0 saturated heterocycles. The summed E-state index contributed by atoms with van der Waals surface area (Å²) < 4.78 is 29.5. The molecule has 4 nitrogen and oxygen atoms in total. The summed E-state index contributed by atoms with van der Waals surface area (Å²) in [6.45, 7) is 1.12. The molecule has 1 N–H and O–H groups in total. The van der Waals surface area contributed by atoms with Crippen LogP contribution < -0.4 is 14.2 Å². The third-order valence-corrected chi connectivity index (χ3v) is 7.44. The van der Waals surface area contributed by atoms with Gasteiger partial charge in [0.1, 0.15) is 23.9 Å². The molecule has 0 bridgehead atoms. The zero-order valence-electron chi connectivity index (χ0n) is 19.7. The quantitative estimate of drug-likeness (QED) is 0.303. The Bertz CT molecular complexity index is 1140. The van der Waals surface area contributed by atoms with Gasteiger partial charge in [-0.3, -0.25) is 9.52 Å². The lowest BCUT2D eigenvalue weighted by atomic mass is 10.0. The van der Waals surface area contributed by atoms with Gasteiger partial charge in [-0.05, 0) is 90.9 Å². The Hall–Kier alpha value is -2.99. The van der Waals surface area contributed by atoms with E-state index >= 15 is 0 Å². The first kappa shape index (κ1) is 23.7. The number of rotatable bonds is 10. The molecule has 2 saturated carbocycles. The third-order valence-electron chi connectivity index (χ3n) is 6.64. The Balaban J connectivity index is 1.18. The summed E-state index contributed by atoms with van der Waals surface area (Å²) in [6, 6.07) is 20.5. The van der Waals surface area contributed by atoms with Crippen LogP contribution in [0.4, 0.5) is 4.39 Å². The van der Waals surface area contributed by atoms with Crippen molar-refractivity contribution in [2.24, 2.45) is 5.92 Å². The Morgan fingerprint density at radius 2 is 1.69 bits per heavy atom. The maximum atomic E-state index is 14.9. The van der Waals surface area contributed by atoms with Crippen molar-refractivity contribution < 1.29 is 18.7 Å². The van der Waals surface area contributed by atoms with Crippen LogP contribution in [-0.4, -0.2) is 12.5 Å². The molecule has 6 heteroatoms. The molecule has 2 fully saturated rings. The van der Waals surface area contributed by atoms with Crippen molar-refractivity contribution in [1.82, 2.24) is 4.72 Å². The van der Waals surface area contributed by atoms with Gasteiger partial charge < -0.3 is 9.47 Å². The molecule has 3 aromatic rings. The zero-order chi connectivity index (χ0) is 24.0. The summed E-state index contributed by atoms with van der Waals surface area (Å²) in [5.74, 6) is 1.28. The van der Waals surface area contributed by atoms with Gasteiger partial charge in [0.25, 0.3) is 5.91 Å². The molecule has 0 unspecified atom stereocenters. The molecule has 182 valence electrons. The van der Waals surface area contributed by atoms with Gasteiger partial charge in [-0.25, -0.2) is 4.39 Å². The second kappa shape index (κ2) is 11.2. The highest BCUT2D eigenvalue weighted by molar-refractivity contribution is 7.98. The van der Waals surface area contributed by atoms with Gasteiger partial charge in [0.05, 0.1) is 12.2 Å². The lowest BCUT2D eigenvalue weighted by Crippen LogP contribution is -2.18. The average molecular weight is 492 g/mol. The number of carbonyl (C=O) groups is 1. The van der Waals surface area contributed by atoms with Crippen LogP contribution in [0.15, 0.2) is 71.6 Å². The molecule has 0 heterocycles. The summed E-state index contributed by atoms with van der Waals surface area (Å²) in [6.07, 6.45) is 6.97. The predicted molar refractivity (Wildman–Crippen MR) is 136 cm³/mol. The Labute approximate surface area is 210 Å². The zero-order valence-corrected chi connectivity index (χ0v) is 20.5. The molecular formula is C29H30FNO3S. The fraction of sp³-hybridized carbons (Fsp3) is 0.345. The number of amides is 1. The second-order valence-electron chi connectivity index (χ2n) is 9.38. The van der Waals surface area contributed by atoms with Crippen molar-refractivity contribution in [1.29, 1.82) is 0 Å². The lowest BCUT2D eigenvalue weighted by Gasteiger charge is -2.16. The molecule has 0 aliphatic heterocycles. The van der Waals surface area contributed by atoms with Gasteiger partial charge in [-0.1, -0.05) is 43.2 Å². The number of nitrogens with one attached hydrogen (secondary N) is 1. The first-order valence-electron chi connectivity index (χ1n) is 12.4. The van der Waals surface area contributed by atoms with Gasteiger partial charge in [0.15, 0.2) is 0 Å². The van der Waals surface area contributed by atoms with E-state index in [4.69, 9.17) is 9.47 Å². The Morgan fingerprint density at radius 1 is 0.943 bits per heavy atom. The minimum atomic E-state index is -0.543. The van der Waals surface area contributed by atoms with Gasteiger partial charge in [0, 0.05) is 11.0 Å². The van der Waals surface area contributed by atoms with Crippen LogP contribution >= 0.6 is 11.9 Å². The van der Waals surface area contributed by atoms with E-state index in [2.05, 4.69) is 4.72 Å². The normalized spacial score (nSPS) is 15.7. The number of halogens is 1. The van der Waals surface area contributed by atoms with Gasteiger partial charge in [-0.15, -0.1) is 0 Å². The van der Waals surface area contributed by atoms with Crippen molar-refractivity contribution >= 4 is 17.9 Å². The molecule has 0 atom stereocenters. The van der Waals surface area contributed by atoms with E-state index in [-0.39, 0.29) is 5.56 Å². The van der Waals surface area contributed by atoms with Crippen LogP contribution in [0.25, 0.3) is 0 Å². The summed E-state index contributed by atoms with van der Waals surface area (Å²) >= 11 is 1.16. The molecule has 2 aliphatic carbocycles. The Morgan fingerprint density at radius 3 is 2.40 bits per heavy atom. The average Bonchev–Trinajstić information content (AvgIpc) is 3.60. The number of hydrogen-bond donors (Lipinski definition) is 1. The van der Waals surface area contributed by atoms with E-state index in [1.54, 1.807) is 6.07 Å². The van der Waals surface area contributed by atoms with Crippen molar-refractivity contribution in [2.45, 2.75) is 55.9 Å². The summed E-state index contributed by atoms with van der Waals surface area (Å²) in [4.78, 5) is 13.6. The number of ether oxygens (including phenoxy) is 2. The maximum absolute atomic E-state index is 14.9. The summed E-state index contributed by atoms with van der Waals surface area (Å²) in [7, 11) is 0. The van der Waals surface area contributed by atoms with E-state index in [0.29, 0.717) is 30.8 Å². The first-order valence-corrected chi connectivity index (χ1v) is 13.2. The maximum Gasteiger partial charge on any atom is 0.264 e. The fourth-order valence-corrected chi connectivity index (χ4v) is 5.07. The third kappa shape index (κ3) is 6.37. The number of carbonyl (C=O) groups excluding carboxylic acids is 1. The number of hydrogen-bond acceptors (Lipinski definition) is 4. The van der Waals surface area contributed by atoms with Crippen LogP contribution in [0.5, 0.6) is 11.5 Å². The van der Waals surface area contributed by atoms with Crippen LogP contribution in [0, 0.1) is 11.7 Å². The summed E-state index contributed by atoms with van der Waals surface area (Å²) in [5.41, 5.74) is 2.12. The monoisotopic (exact) mass is 491 g/mol. The smallest absolute Gasteiger partial charge is 0.264 e. The molecule has 2 aliphatic rings.